The number of hydrogen-bond donors (Lipinski definition) is 1. The van der Waals surface area contributed by atoms with Crippen LogP contribution in [0.25, 0.3) is 0 Å². The van der Waals surface area contributed by atoms with Crippen molar-refractivity contribution in [3.63, 3.8) is 0 Å². The molecule has 0 radical (unpaired) electrons. The van der Waals surface area contributed by atoms with Crippen LogP contribution in [0.2, 0.25) is 0 Å². The van der Waals surface area contributed by atoms with Gasteiger partial charge in [-0.2, -0.15) is 8.78 Å². The molecular formula is C18H21F2NO3S. The molecule has 0 unspecified atom stereocenters. The Labute approximate surface area is 146 Å². The summed E-state index contributed by atoms with van der Waals surface area (Å²) in [6.45, 7) is 0.792. The normalized spacial score (nSPS) is 11.6. The number of sulfonamides is 1. The maximum absolute atomic E-state index is 12.5. The molecular weight excluding hydrogens is 348 g/mol. The molecule has 0 bridgehead atoms. The van der Waals surface area contributed by atoms with Crippen molar-refractivity contribution in [1.29, 1.82) is 0 Å². The number of unbranched alkanes of at least 4 members (excludes halogenated alkanes) is 1. The largest absolute Gasteiger partial charge is 0.435 e. The van der Waals surface area contributed by atoms with E-state index < -0.39 is 16.6 Å². The Morgan fingerprint density at radius 2 is 1.80 bits per heavy atom. The predicted octanol–water partition coefficient (Wildman–Crippen LogP) is 4.74. The predicted molar refractivity (Wildman–Crippen MR) is 93.7 cm³/mol. The molecule has 136 valence electrons. The Morgan fingerprint density at radius 1 is 1.12 bits per heavy atom. The number of hydrogen-bond acceptors (Lipinski definition) is 3. The van der Waals surface area contributed by atoms with Crippen molar-refractivity contribution in [1.82, 2.24) is 0 Å². The van der Waals surface area contributed by atoms with Crippen LogP contribution < -0.4 is 9.46 Å². The maximum Gasteiger partial charge on any atom is 0.387 e. The fraction of sp³-hybridized carbons (Fsp3) is 0.333. The Kier molecular flexibility index (Phi) is 6.36. The smallest absolute Gasteiger partial charge is 0.387 e. The van der Waals surface area contributed by atoms with Crippen LogP contribution >= 0.6 is 0 Å². The van der Waals surface area contributed by atoms with E-state index in [1.54, 1.807) is 31.2 Å². The first-order chi connectivity index (χ1) is 11.8. The van der Waals surface area contributed by atoms with Crippen molar-refractivity contribution < 1.29 is 21.9 Å². The van der Waals surface area contributed by atoms with Gasteiger partial charge in [-0.3, -0.25) is 4.72 Å². The summed E-state index contributed by atoms with van der Waals surface area (Å²) >= 11 is 0. The van der Waals surface area contributed by atoms with Gasteiger partial charge in [0.15, 0.2) is 0 Å². The second-order valence-corrected chi connectivity index (χ2v) is 7.39. The quantitative estimate of drug-likeness (QED) is 0.731. The molecule has 0 aliphatic rings. The molecule has 4 nitrogen and oxygen atoms in total. The zero-order valence-electron chi connectivity index (χ0n) is 14.1. The summed E-state index contributed by atoms with van der Waals surface area (Å²) in [7, 11) is -3.75. The summed E-state index contributed by atoms with van der Waals surface area (Å²) in [5.74, 6) is -0.0178. The fourth-order valence-corrected chi connectivity index (χ4v) is 3.48. The van der Waals surface area contributed by atoms with E-state index in [-0.39, 0.29) is 10.6 Å². The molecule has 0 aliphatic carbocycles. The monoisotopic (exact) mass is 369 g/mol. The van der Waals surface area contributed by atoms with Gasteiger partial charge in [-0.05, 0) is 61.2 Å². The lowest BCUT2D eigenvalue weighted by atomic mass is 10.1. The van der Waals surface area contributed by atoms with Crippen molar-refractivity contribution in [2.24, 2.45) is 0 Å². The van der Waals surface area contributed by atoms with E-state index in [4.69, 9.17) is 0 Å². The van der Waals surface area contributed by atoms with Crippen LogP contribution in [0.5, 0.6) is 5.75 Å². The molecule has 0 saturated heterocycles. The summed E-state index contributed by atoms with van der Waals surface area (Å²) in [5.41, 5.74) is 1.89. The highest BCUT2D eigenvalue weighted by atomic mass is 32.2. The number of alkyl halides is 2. The summed E-state index contributed by atoms with van der Waals surface area (Å²) in [6.07, 6.45) is 3.04. The van der Waals surface area contributed by atoms with Gasteiger partial charge < -0.3 is 4.74 Å². The topological polar surface area (TPSA) is 55.4 Å². The lowest BCUT2D eigenvalue weighted by Crippen LogP contribution is -2.14. The first-order valence-electron chi connectivity index (χ1n) is 7.99. The fourth-order valence-electron chi connectivity index (χ4n) is 2.35. The Hall–Kier alpha value is -2.15. The number of ether oxygens (including phenoxy) is 1. The molecule has 7 heteroatoms. The van der Waals surface area contributed by atoms with E-state index >= 15 is 0 Å². The summed E-state index contributed by atoms with van der Waals surface area (Å²) in [5, 5.41) is 0. The van der Waals surface area contributed by atoms with Crippen LogP contribution in [-0.4, -0.2) is 15.0 Å². The molecule has 0 heterocycles. The van der Waals surface area contributed by atoms with E-state index in [0.29, 0.717) is 11.3 Å². The Bertz CT molecular complexity index is 806. The number of halogens is 2. The van der Waals surface area contributed by atoms with Gasteiger partial charge in [0.25, 0.3) is 10.0 Å². The molecule has 0 aliphatic heterocycles. The van der Waals surface area contributed by atoms with Crippen LogP contribution in [0.3, 0.4) is 0 Å². The molecule has 2 aromatic rings. The molecule has 25 heavy (non-hydrogen) atoms. The number of benzene rings is 2. The minimum Gasteiger partial charge on any atom is -0.435 e. The molecule has 0 aromatic heterocycles. The van der Waals surface area contributed by atoms with Gasteiger partial charge in [0.2, 0.25) is 0 Å². The van der Waals surface area contributed by atoms with Gasteiger partial charge in [0.1, 0.15) is 5.75 Å². The lowest BCUT2D eigenvalue weighted by Gasteiger charge is -2.12. The SMILES string of the molecule is CCCCc1ccc(S(=O)(=O)Nc2ccc(OC(F)F)cc2C)cc1. The highest BCUT2D eigenvalue weighted by molar-refractivity contribution is 7.92. The third kappa shape index (κ3) is 5.42. The maximum atomic E-state index is 12.5. The van der Waals surface area contributed by atoms with Gasteiger partial charge in [-0.25, -0.2) is 8.42 Å². The molecule has 1 N–H and O–H groups in total. The average molecular weight is 369 g/mol. The zero-order valence-corrected chi connectivity index (χ0v) is 14.9. The van der Waals surface area contributed by atoms with Crippen LogP contribution in [0.1, 0.15) is 30.9 Å². The first-order valence-corrected chi connectivity index (χ1v) is 9.47. The highest BCUT2D eigenvalue weighted by Gasteiger charge is 2.16. The molecule has 0 saturated carbocycles. The van der Waals surface area contributed by atoms with Gasteiger partial charge in [0.05, 0.1) is 10.6 Å². The molecule has 0 fully saturated rings. The van der Waals surface area contributed by atoms with Crippen molar-refractivity contribution in [3.8, 4) is 5.75 Å². The van der Waals surface area contributed by atoms with Crippen molar-refractivity contribution in [3.05, 3.63) is 53.6 Å². The minimum atomic E-state index is -3.75. The van der Waals surface area contributed by atoms with Gasteiger partial charge in [-0.1, -0.05) is 25.5 Å². The first kappa shape index (κ1) is 19.2. The number of aryl methyl sites for hydroxylation is 2. The van der Waals surface area contributed by atoms with Gasteiger partial charge in [0, 0.05) is 0 Å². The molecule has 0 spiro atoms. The van der Waals surface area contributed by atoms with Crippen molar-refractivity contribution in [2.45, 2.75) is 44.6 Å². The van der Waals surface area contributed by atoms with Crippen LogP contribution in [0.4, 0.5) is 14.5 Å². The van der Waals surface area contributed by atoms with Crippen LogP contribution in [0.15, 0.2) is 47.4 Å². The molecule has 0 atom stereocenters. The summed E-state index contributed by atoms with van der Waals surface area (Å²) in [4.78, 5) is 0.153. The van der Waals surface area contributed by atoms with E-state index in [2.05, 4.69) is 16.4 Å². The zero-order chi connectivity index (χ0) is 18.4. The summed E-state index contributed by atoms with van der Waals surface area (Å²) in [6, 6.07) is 10.8. The van der Waals surface area contributed by atoms with Crippen molar-refractivity contribution >= 4 is 15.7 Å². The Balaban J connectivity index is 2.15. The number of anilines is 1. The lowest BCUT2D eigenvalue weighted by molar-refractivity contribution is -0.0498. The van der Waals surface area contributed by atoms with Gasteiger partial charge >= 0.3 is 6.61 Å². The number of nitrogens with one attached hydrogen (secondary N) is 1. The molecule has 2 rings (SSSR count). The number of rotatable bonds is 8. The van der Waals surface area contributed by atoms with E-state index in [1.807, 2.05) is 0 Å². The third-order valence-electron chi connectivity index (χ3n) is 3.72. The van der Waals surface area contributed by atoms with Crippen molar-refractivity contribution in [2.75, 3.05) is 4.72 Å². The second kappa shape index (κ2) is 8.29. The average Bonchev–Trinajstić information content (AvgIpc) is 2.55. The van der Waals surface area contributed by atoms with E-state index in [1.165, 1.54) is 18.2 Å². The molecule has 2 aromatic carbocycles. The van der Waals surface area contributed by atoms with Crippen LogP contribution in [-0.2, 0) is 16.4 Å². The Morgan fingerprint density at radius 3 is 2.36 bits per heavy atom. The standard InChI is InChI=1S/C18H21F2NO3S/c1-3-4-5-14-6-9-16(10-7-14)25(22,23)21-17-11-8-15(12-13(17)2)24-18(19)20/h6-12,18,21H,3-5H2,1-2H3. The minimum absolute atomic E-state index is 0.0178. The van der Waals surface area contributed by atoms with Crippen LogP contribution in [0, 0.1) is 6.92 Å². The third-order valence-corrected chi connectivity index (χ3v) is 5.10. The molecule has 0 amide bonds. The summed E-state index contributed by atoms with van der Waals surface area (Å²) < 4.78 is 56.2. The van der Waals surface area contributed by atoms with E-state index in [0.717, 1.165) is 24.8 Å². The van der Waals surface area contributed by atoms with E-state index in [9.17, 15) is 17.2 Å². The second-order valence-electron chi connectivity index (χ2n) is 5.71. The van der Waals surface area contributed by atoms with Gasteiger partial charge in [-0.15, -0.1) is 0 Å². The highest BCUT2D eigenvalue weighted by Crippen LogP contribution is 2.25.